The van der Waals surface area contributed by atoms with Gasteiger partial charge in [-0.25, -0.2) is 0 Å². The summed E-state index contributed by atoms with van der Waals surface area (Å²) in [6.45, 7) is 3.04. The van der Waals surface area contributed by atoms with Gasteiger partial charge < -0.3 is 10.2 Å². The molecule has 5 nitrogen and oxygen atoms in total. The molecule has 3 rings (SSSR count). The molecule has 0 bridgehead atoms. The summed E-state index contributed by atoms with van der Waals surface area (Å²) < 4.78 is 0. The van der Waals surface area contributed by atoms with Crippen molar-refractivity contribution in [1.29, 1.82) is 0 Å². The molecule has 1 aliphatic heterocycles. The molecule has 1 aromatic carbocycles. The SMILES string of the molecule is O=[N+]([O-])c1ccc(N2CCC(NCC3CC3)CC2)c(Cl)c1. The van der Waals surface area contributed by atoms with Crippen LogP contribution >= 0.6 is 11.6 Å². The lowest BCUT2D eigenvalue weighted by molar-refractivity contribution is -0.384. The summed E-state index contributed by atoms with van der Waals surface area (Å²) in [5.74, 6) is 0.909. The first-order valence-corrected chi connectivity index (χ1v) is 7.93. The van der Waals surface area contributed by atoms with E-state index in [4.69, 9.17) is 11.6 Å². The van der Waals surface area contributed by atoms with Gasteiger partial charge in [-0.15, -0.1) is 0 Å². The van der Waals surface area contributed by atoms with Gasteiger partial charge in [-0.05, 0) is 44.2 Å². The third kappa shape index (κ3) is 3.66. The average Bonchev–Trinajstić information content (AvgIpc) is 3.30. The Hall–Kier alpha value is -1.33. The first kappa shape index (κ1) is 14.6. The number of nitro groups is 1. The molecule has 1 saturated carbocycles. The van der Waals surface area contributed by atoms with Crippen molar-refractivity contribution in [1.82, 2.24) is 5.32 Å². The number of anilines is 1. The van der Waals surface area contributed by atoms with E-state index in [-0.39, 0.29) is 5.69 Å². The highest BCUT2D eigenvalue weighted by atomic mass is 35.5. The van der Waals surface area contributed by atoms with Gasteiger partial charge in [0.15, 0.2) is 0 Å². The van der Waals surface area contributed by atoms with E-state index < -0.39 is 4.92 Å². The highest BCUT2D eigenvalue weighted by Gasteiger charge is 2.25. The highest BCUT2D eigenvalue weighted by Crippen LogP contribution is 2.32. The van der Waals surface area contributed by atoms with Crippen molar-refractivity contribution < 1.29 is 4.92 Å². The molecule has 6 heteroatoms. The summed E-state index contributed by atoms with van der Waals surface area (Å²) in [7, 11) is 0. The molecule has 1 saturated heterocycles. The zero-order valence-corrected chi connectivity index (χ0v) is 12.7. The predicted molar refractivity (Wildman–Crippen MR) is 84.1 cm³/mol. The van der Waals surface area contributed by atoms with Crippen LogP contribution < -0.4 is 10.2 Å². The number of rotatable bonds is 5. The van der Waals surface area contributed by atoms with Crippen molar-refractivity contribution in [3.63, 3.8) is 0 Å². The van der Waals surface area contributed by atoms with E-state index >= 15 is 0 Å². The second kappa shape index (κ2) is 6.20. The fourth-order valence-corrected chi connectivity index (χ4v) is 3.14. The van der Waals surface area contributed by atoms with E-state index in [0.29, 0.717) is 11.1 Å². The van der Waals surface area contributed by atoms with E-state index in [1.807, 2.05) is 0 Å². The van der Waals surface area contributed by atoms with Gasteiger partial charge in [0.05, 0.1) is 15.6 Å². The number of nitrogens with one attached hydrogen (secondary N) is 1. The van der Waals surface area contributed by atoms with Crippen molar-refractivity contribution >= 4 is 23.0 Å². The molecule has 1 aromatic rings. The lowest BCUT2D eigenvalue weighted by atomic mass is 10.0. The third-order valence-electron chi connectivity index (χ3n) is 4.37. The maximum atomic E-state index is 10.7. The number of nitro benzene ring substituents is 1. The molecule has 0 atom stereocenters. The molecule has 0 radical (unpaired) electrons. The van der Waals surface area contributed by atoms with Gasteiger partial charge in [0.1, 0.15) is 0 Å². The topological polar surface area (TPSA) is 58.4 Å². The van der Waals surface area contributed by atoms with Crippen LogP contribution in [0.2, 0.25) is 5.02 Å². The van der Waals surface area contributed by atoms with Gasteiger partial charge in [-0.3, -0.25) is 10.1 Å². The van der Waals surface area contributed by atoms with E-state index in [0.717, 1.165) is 44.1 Å². The van der Waals surface area contributed by atoms with Gasteiger partial charge in [-0.1, -0.05) is 11.6 Å². The van der Waals surface area contributed by atoms with Crippen LogP contribution in [-0.2, 0) is 0 Å². The van der Waals surface area contributed by atoms with Crippen molar-refractivity contribution in [2.75, 3.05) is 24.5 Å². The maximum absolute atomic E-state index is 10.7. The molecule has 2 aliphatic rings. The Morgan fingerprint density at radius 1 is 1.29 bits per heavy atom. The molecule has 114 valence electrons. The van der Waals surface area contributed by atoms with Crippen LogP contribution in [0.1, 0.15) is 25.7 Å². The molecule has 0 spiro atoms. The minimum absolute atomic E-state index is 0.0461. The van der Waals surface area contributed by atoms with Crippen molar-refractivity contribution in [3.8, 4) is 0 Å². The molecule has 2 fully saturated rings. The fourth-order valence-electron chi connectivity index (χ4n) is 2.85. The minimum atomic E-state index is -0.413. The van der Waals surface area contributed by atoms with Crippen LogP contribution in [0.5, 0.6) is 0 Å². The van der Waals surface area contributed by atoms with Crippen molar-refractivity contribution in [2.24, 2.45) is 5.92 Å². The fraction of sp³-hybridized carbons (Fsp3) is 0.600. The molecular weight excluding hydrogens is 290 g/mol. The van der Waals surface area contributed by atoms with Gasteiger partial charge in [0.25, 0.3) is 5.69 Å². The van der Waals surface area contributed by atoms with Gasteiger partial charge in [0, 0.05) is 31.3 Å². The summed E-state index contributed by atoms with van der Waals surface area (Å²) >= 11 is 6.19. The summed E-state index contributed by atoms with van der Waals surface area (Å²) in [5.41, 5.74) is 0.952. The molecule has 0 unspecified atom stereocenters. The average molecular weight is 310 g/mol. The first-order valence-electron chi connectivity index (χ1n) is 7.56. The highest BCUT2D eigenvalue weighted by molar-refractivity contribution is 6.33. The quantitative estimate of drug-likeness (QED) is 0.670. The molecule has 1 N–H and O–H groups in total. The summed E-state index contributed by atoms with van der Waals surface area (Å²) in [4.78, 5) is 12.6. The van der Waals surface area contributed by atoms with Crippen LogP contribution in [0.25, 0.3) is 0 Å². The van der Waals surface area contributed by atoms with Crippen LogP contribution in [-0.4, -0.2) is 30.6 Å². The molecule has 0 amide bonds. The number of piperidine rings is 1. The molecule has 1 heterocycles. The first-order chi connectivity index (χ1) is 10.1. The second-order valence-electron chi connectivity index (χ2n) is 6.01. The number of halogens is 1. The maximum Gasteiger partial charge on any atom is 0.271 e. The van der Waals surface area contributed by atoms with Crippen LogP contribution in [0.15, 0.2) is 18.2 Å². The Bertz CT molecular complexity index is 526. The summed E-state index contributed by atoms with van der Waals surface area (Å²) in [5, 5.41) is 14.9. The number of hydrogen-bond donors (Lipinski definition) is 1. The zero-order chi connectivity index (χ0) is 14.8. The number of non-ortho nitro benzene ring substituents is 1. The Morgan fingerprint density at radius 3 is 2.57 bits per heavy atom. The normalized spacial score (nSPS) is 19.8. The number of nitrogens with zero attached hydrogens (tertiary/aromatic N) is 2. The Labute approximate surface area is 129 Å². The van der Waals surface area contributed by atoms with E-state index in [1.165, 1.54) is 25.0 Å². The number of benzene rings is 1. The van der Waals surface area contributed by atoms with Crippen LogP contribution in [0, 0.1) is 16.0 Å². The van der Waals surface area contributed by atoms with Gasteiger partial charge >= 0.3 is 0 Å². The number of hydrogen-bond acceptors (Lipinski definition) is 4. The molecular formula is C15H20ClN3O2. The minimum Gasteiger partial charge on any atom is -0.370 e. The van der Waals surface area contributed by atoms with Crippen LogP contribution in [0.4, 0.5) is 11.4 Å². The Morgan fingerprint density at radius 2 is 2.00 bits per heavy atom. The lowest BCUT2D eigenvalue weighted by Crippen LogP contribution is -2.43. The molecule has 1 aliphatic carbocycles. The van der Waals surface area contributed by atoms with Crippen molar-refractivity contribution in [2.45, 2.75) is 31.7 Å². The van der Waals surface area contributed by atoms with Gasteiger partial charge in [-0.2, -0.15) is 0 Å². The van der Waals surface area contributed by atoms with E-state index in [2.05, 4.69) is 10.2 Å². The molecule has 21 heavy (non-hydrogen) atoms. The van der Waals surface area contributed by atoms with E-state index in [9.17, 15) is 10.1 Å². The van der Waals surface area contributed by atoms with Crippen LogP contribution in [0.3, 0.4) is 0 Å². The van der Waals surface area contributed by atoms with Crippen molar-refractivity contribution in [3.05, 3.63) is 33.3 Å². The monoisotopic (exact) mass is 309 g/mol. The standard InChI is InChI=1S/C15H20ClN3O2/c16-14-9-13(19(20)21)3-4-15(14)18-7-5-12(6-8-18)17-10-11-1-2-11/h3-4,9,11-12,17H,1-2,5-8,10H2. The summed E-state index contributed by atoms with van der Waals surface area (Å²) in [6.07, 6.45) is 4.95. The van der Waals surface area contributed by atoms with Gasteiger partial charge in [0.2, 0.25) is 0 Å². The third-order valence-corrected chi connectivity index (χ3v) is 4.67. The smallest absolute Gasteiger partial charge is 0.271 e. The van der Waals surface area contributed by atoms with E-state index in [1.54, 1.807) is 6.07 Å². The zero-order valence-electron chi connectivity index (χ0n) is 11.9. The Kier molecular flexibility index (Phi) is 4.31. The lowest BCUT2D eigenvalue weighted by Gasteiger charge is -2.34. The second-order valence-corrected chi connectivity index (χ2v) is 6.41. The molecule has 0 aromatic heterocycles. The summed E-state index contributed by atoms with van der Waals surface area (Å²) in [6, 6.07) is 5.32. The largest absolute Gasteiger partial charge is 0.370 e. The Balaban J connectivity index is 1.57. The predicted octanol–water partition coefficient (Wildman–Crippen LogP) is 3.22.